The van der Waals surface area contributed by atoms with Gasteiger partial charge in [0, 0.05) is 30.2 Å². The molecule has 0 aliphatic heterocycles. The Kier molecular flexibility index (Phi) is 4.04. The molecule has 0 saturated carbocycles. The molecule has 1 atom stereocenters. The fourth-order valence-electron chi connectivity index (χ4n) is 1.68. The zero-order valence-electron chi connectivity index (χ0n) is 12.2. The molecule has 0 amide bonds. The number of nitrogens with zero attached hydrogens (tertiary/aromatic N) is 3. The summed E-state index contributed by atoms with van der Waals surface area (Å²) in [6.07, 6.45) is 0.490. The van der Waals surface area contributed by atoms with Crippen molar-refractivity contribution >= 4 is 5.69 Å². The van der Waals surface area contributed by atoms with Gasteiger partial charge in [-0.1, -0.05) is 25.9 Å². The summed E-state index contributed by atoms with van der Waals surface area (Å²) in [5.41, 5.74) is 6.72. The normalized spacial score (nSPS) is 13.1. The highest BCUT2D eigenvalue weighted by atomic mass is 16.6. The number of hydrogen-bond donors (Lipinski definition) is 1. The van der Waals surface area contributed by atoms with E-state index in [1.165, 1.54) is 12.1 Å². The van der Waals surface area contributed by atoms with Crippen LogP contribution in [-0.2, 0) is 6.42 Å². The van der Waals surface area contributed by atoms with E-state index in [9.17, 15) is 10.1 Å². The second-order valence-corrected chi connectivity index (χ2v) is 5.99. The Balaban J connectivity index is 2.14. The molecule has 2 aromatic rings. The first-order valence-electron chi connectivity index (χ1n) is 6.60. The summed E-state index contributed by atoms with van der Waals surface area (Å²) in [6.45, 7) is 6.14. The monoisotopic (exact) mass is 290 g/mol. The molecule has 7 heteroatoms. The van der Waals surface area contributed by atoms with E-state index in [4.69, 9.17) is 10.3 Å². The maximum absolute atomic E-state index is 10.6. The molecule has 2 N–H and O–H groups in total. The van der Waals surface area contributed by atoms with Crippen molar-refractivity contribution in [3.8, 4) is 11.4 Å². The highest BCUT2D eigenvalue weighted by Crippen LogP contribution is 2.23. The van der Waals surface area contributed by atoms with Gasteiger partial charge in [-0.2, -0.15) is 4.98 Å². The molecule has 21 heavy (non-hydrogen) atoms. The third-order valence-electron chi connectivity index (χ3n) is 3.31. The average Bonchev–Trinajstić information content (AvgIpc) is 2.86. The maximum Gasteiger partial charge on any atom is 0.269 e. The molecule has 1 aromatic carbocycles. The minimum atomic E-state index is -0.451. The van der Waals surface area contributed by atoms with Gasteiger partial charge in [-0.05, 0) is 17.5 Å². The number of benzene rings is 1. The standard InChI is InChI=1S/C14H18N4O3/c1-14(2,3)11(15)8-12-16-13(17-21-12)9-4-6-10(7-5-9)18(19)20/h4-7,11H,8,15H2,1-3H3. The van der Waals surface area contributed by atoms with Crippen molar-refractivity contribution in [2.45, 2.75) is 33.2 Å². The van der Waals surface area contributed by atoms with Gasteiger partial charge in [0.25, 0.3) is 5.69 Å². The van der Waals surface area contributed by atoms with Gasteiger partial charge in [0.05, 0.1) is 4.92 Å². The minimum Gasteiger partial charge on any atom is -0.339 e. The smallest absolute Gasteiger partial charge is 0.269 e. The van der Waals surface area contributed by atoms with Crippen LogP contribution in [0.25, 0.3) is 11.4 Å². The topological polar surface area (TPSA) is 108 Å². The van der Waals surface area contributed by atoms with Crippen molar-refractivity contribution < 1.29 is 9.45 Å². The SMILES string of the molecule is CC(C)(C)C(N)Cc1nc(-c2ccc([N+](=O)[O-])cc2)no1. The van der Waals surface area contributed by atoms with Gasteiger partial charge in [-0.15, -0.1) is 0 Å². The lowest BCUT2D eigenvalue weighted by molar-refractivity contribution is -0.384. The number of aromatic nitrogens is 2. The van der Waals surface area contributed by atoms with Crippen LogP contribution in [0.4, 0.5) is 5.69 Å². The molecule has 0 fully saturated rings. The lowest BCUT2D eigenvalue weighted by Gasteiger charge is -2.25. The van der Waals surface area contributed by atoms with Gasteiger partial charge >= 0.3 is 0 Å². The Morgan fingerprint density at radius 3 is 2.48 bits per heavy atom. The molecule has 0 radical (unpaired) electrons. The van der Waals surface area contributed by atoms with Crippen LogP contribution >= 0.6 is 0 Å². The lowest BCUT2D eigenvalue weighted by atomic mass is 9.85. The van der Waals surface area contributed by atoms with E-state index in [2.05, 4.69) is 10.1 Å². The van der Waals surface area contributed by atoms with E-state index in [0.29, 0.717) is 23.7 Å². The summed E-state index contributed by atoms with van der Waals surface area (Å²) in [6, 6.07) is 5.91. The Hall–Kier alpha value is -2.28. The van der Waals surface area contributed by atoms with Gasteiger partial charge in [0.1, 0.15) is 0 Å². The third kappa shape index (κ3) is 3.63. The van der Waals surface area contributed by atoms with Crippen molar-refractivity contribution in [2.24, 2.45) is 11.1 Å². The van der Waals surface area contributed by atoms with Crippen LogP contribution in [0.3, 0.4) is 0 Å². The summed E-state index contributed by atoms with van der Waals surface area (Å²) in [5.74, 6) is 0.867. The van der Waals surface area contributed by atoms with Crippen LogP contribution in [0.15, 0.2) is 28.8 Å². The first-order valence-corrected chi connectivity index (χ1v) is 6.60. The highest BCUT2D eigenvalue weighted by molar-refractivity contribution is 5.56. The number of nitro benzene ring substituents is 1. The summed E-state index contributed by atoms with van der Waals surface area (Å²) in [7, 11) is 0. The van der Waals surface area contributed by atoms with Crippen LogP contribution in [0.2, 0.25) is 0 Å². The number of non-ortho nitro benzene ring substituents is 1. The first-order chi connectivity index (χ1) is 9.77. The zero-order valence-corrected chi connectivity index (χ0v) is 12.2. The van der Waals surface area contributed by atoms with E-state index in [1.807, 2.05) is 20.8 Å². The fourth-order valence-corrected chi connectivity index (χ4v) is 1.68. The minimum absolute atomic E-state index is 0.0252. The lowest BCUT2D eigenvalue weighted by Crippen LogP contribution is -2.36. The molecule has 1 heterocycles. The first kappa shape index (κ1) is 15.1. The molecule has 0 saturated heterocycles. The van der Waals surface area contributed by atoms with Gasteiger partial charge < -0.3 is 10.3 Å². The molecule has 0 aliphatic carbocycles. The molecule has 112 valence electrons. The van der Waals surface area contributed by atoms with Crippen molar-refractivity contribution in [3.63, 3.8) is 0 Å². The van der Waals surface area contributed by atoms with E-state index >= 15 is 0 Å². The van der Waals surface area contributed by atoms with Crippen LogP contribution in [0, 0.1) is 15.5 Å². The van der Waals surface area contributed by atoms with Crippen LogP contribution in [-0.4, -0.2) is 21.1 Å². The van der Waals surface area contributed by atoms with E-state index in [-0.39, 0.29) is 17.1 Å². The van der Waals surface area contributed by atoms with Gasteiger partial charge in [-0.3, -0.25) is 10.1 Å². The number of hydrogen-bond acceptors (Lipinski definition) is 6. The predicted molar refractivity (Wildman–Crippen MR) is 77.5 cm³/mol. The van der Waals surface area contributed by atoms with Gasteiger partial charge in [0.15, 0.2) is 0 Å². The molecule has 0 aliphatic rings. The maximum atomic E-state index is 10.6. The number of rotatable bonds is 4. The Morgan fingerprint density at radius 2 is 1.95 bits per heavy atom. The van der Waals surface area contributed by atoms with Crippen molar-refractivity contribution in [2.75, 3.05) is 0 Å². The van der Waals surface area contributed by atoms with E-state index < -0.39 is 4.92 Å². The molecule has 1 aromatic heterocycles. The van der Waals surface area contributed by atoms with Crippen molar-refractivity contribution in [1.82, 2.24) is 10.1 Å². The summed E-state index contributed by atoms with van der Waals surface area (Å²) < 4.78 is 5.19. The quantitative estimate of drug-likeness (QED) is 0.684. The van der Waals surface area contributed by atoms with Crippen molar-refractivity contribution in [1.29, 1.82) is 0 Å². The molecule has 2 rings (SSSR count). The van der Waals surface area contributed by atoms with Gasteiger partial charge in [0.2, 0.25) is 11.7 Å². The van der Waals surface area contributed by atoms with E-state index in [0.717, 1.165) is 0 Å². The van der Waals surface area contributed by atoms with Crippen molar-refractivity contribution in [3.05, 3.63) is 40.3 Å². The molecule has 1 unspecified atom stereocenters. The molecule has 0 bridgehead atoms. The van der Waals surface area contributed by atoms with Crippen LogP contribution in [0.1, 0.15) is 26.7 Å². The van der Waals surface area contributed by atoms with Gasteiger partial charge in [-0.25, -0.2) is 0 Å². The Bertz CT molecular complexity index is 628. The predicted octanol–water partition coefficient (Wildman–Crippen LogP) is 2.56. The summed E-state index contributed by atoms with van der Waals surface area (Å²) >= 11 is 0. The van der Waals surface area contributed by atoms with E-state index in [1.54, 1.807) is 12.1 Å². The fraction of sp³-hybridized carbons (Fsp3) is 0.429. The number of nitro groups is 1. The van der Waals surface area contributed by atoms with Crippen LogP contribution in [0.5, 0.6) is 0 Å². The Labute approximate surface area is 122 Å². The second-order valence-electron chi connectivity index (χ2n) is 5.99. The zero-order chi connectivity index (χ0) is 15.6. The average molecular weight is 290 g/mol. The number of nitrogens with two attached hydrogens (primary N) is 1. The molecular weight excluding hydrogens is 272 g/mol. The third-order valence-corrected chi connectivity index (χ3v) is 3.31. The molecule has 0 spiro atoms. The summed E-state index contributed by atoms with van der Waals surface area (Å²) in [4.78, 5) is 14.4. The summed E-state index contributed by atoms with van der Waals surface area (Å²) in [5, 5.41) is 14.5. The Morgan fingerprint density at radius 1 is 1.33 bits per heavy atom. The van der Waals surface area contributed by atoms with Crippen LogP contribution < -0.4 is 5.73 Å². The molecular formula is C14H18N4O3. The largest absolute Gasteiger partial charge is 0.339 e. The highest BCUT2D eigenvalue weighted by Gasteiger charge is 2.23. The second kappa shape index (κ2) is 5.61. The molecule has 7 nitrogen and oxygen atoms in total.